The van der Waals surface area contributed by atoms with Crippen molar-refractivity contribution in [3.63, 3.8) is 0 Å². The van der Waals surface area contributed by atoms with Crippen molar-refractivity contribution in [1.29, 1.82) is 0 Å². The Morgan fingerprint density at radius 1 is 1.18 bits per heavy atom. The number of hydrogen-bond donors (Lipinski definition) is 4. The first-order valence-electron chi connectivity index (χ1n) is 12.1. The third-order valence-electron chi connectivity index (χ3n) is 6.05. The maximum Gasteiger partial charge on any atom is 0.277 e. The Kier molecular flexibility index (Phi) is 9.48. The zero-order valence-corrected chi connectivity index (χ0v) is 23.9. The molecule has 1 fully saturated rings. The summed E-state index contributed by atoms with van der Waals surface area (Å²) in [6.07, 6.45) is 3.65. The number of nitrogens with one attached hydrogen (secondary N) is 3. The molecule has 0 saturated heterocycles. The van der Waals surface area contributed by atoms with E-state index in [0.717, 1.165) is 22.5 Å². The highest BCUT2D eigenvalue weighted by atomic mass is 127. The number of sulfonamides is 1. The van der Waals surface area contributed by atoms with Crippen LogP contribution in [0.25, 0.3) is 0 Å². The number of anilines is 2. The van der Waals surface area contributed by atoms with Crippen molar-refractivity contribution in [2.75, 3.05) is 18.5 Å². The molecule has 9 nitrogen and oxygen atoms in total. The number of aromatic nitrogens is 1. The molecule has 0 radical (unpaired) electrons. The summed E-state index contributed by atoms with van der Waals surface area (Å²) in [4.78, 5) is 21.3. The van der Waals surface area contributed by atoms with Crippen LogP contribution in [0.4, 0.5) is 20.2 Å². The van der Waals surface area contributed by atoms with Crippen molar-refractivity contribution in [2.45, 2.75) is 37.6 Å². The van der Waals surface area contributed by atoms with Crippen LogP contribution >= 0.6 is 22.6 Å². The van der Waals surface area contributed by atoms with Gasteiger partial charge in [0, 0.05) is 40.7 Å². The highest BCUT2D eigenvalue weighted by Gasteiger charge is 2.30. The molecule has 1 amide bonds. The number of pyridine rings is 1. The van der Waals surface area contributed by atoms with Crippen molar-refractivity contribution >= 4 is 49.9 Å². The summed E-state index contributed by atoms with van der Waals surface area (Å²) in [5.41, 5.74) is 3.39. The van der Waals surface area contributed by atoms with E-state index in [1.165, 1.54) is 6.20 Å². The van der Waals surface area contributed by atoms with Crippen LogP contribution in [-0.2, 0) is 27.8 Å². The molecule has 0 bridgehead atoms. The molecule has 3 aromatic rings. The number of amides is 1. The highest BCUT2D eigenvalue weighted by Crippen LogP contribution is 2.33. The molecule has 2 aromatic carbocycles. The van der Waals surface area contributed by atoms with Crippen molar-refractivity contribution in [1.82, 2.24) is 15.2 Å². The third kappa shape index (κ3) is 7.48. The van der Waals surface area contributed by atoms with Crippen molar-refractivity contribution < 1.29 is 31.9 Å². The van der Waals surface area contributed by atoms with Crippen molar-refractivity contribution in [3.05, 3.63) is 80.2 Å². The first-order valence-corrected chi connectivity index (χ1v) is 14.7. The average Bonchev–Trinajstić information content (AvgIpc) is 3.72. The van der Waals surface area contributed by atoms with Gasteiger partial charge in [-0.15, -0.1) is 0 Å². The maximum atomic E-state index is 15.5. The van der Waals surface area contributed by atoms with Crippen LogP contribution in [0.2, 0.25) is 0 Å². The number of carbonyl (C=O) groups is 1. The lowest BCUT2D eigenvalue weighted by molar-refractivity contribution is 0.0270. The predicted octanol–water partition coefficient (Wildman–Crippen LogP) is 4.10. The van der Waals surface area contributed by atoms with E-state index in [4.69, 9.17) is 9.94 Å². The molecule has 0 atom stereocenters. The summed E-state index contributed by atoms with van der Waals surface area (Å²) in [5, 5.41) is 11.8. The number of hydroxylamine groups is 1. The second kappa shape index (κ2) is 12.6. The van der Waals surface area contributed by atoms with Gasteiger partial charge in [0.1, 0.15) is 4.90 Å². The quantitative estimate of drug-likeness (QED) is 0.169. The lowest BCUT2D eigenvalue weighted by atomic mass is 10.1. The fourth-order valence-electron chi connectivity index (χ4n) is 3.71. The molecule has 1 heterocycles. The van der Waals surface area contributed by atoms with Crippen LogP contribution in [0.3, 0.4) is 0 Å². The van der Waals surface area contributed by atoms with Gasteiger partial charge in [-0.2, -0.15) is 0 Å². The van der Waals surface area contributed by atoms with E-state index >= 15 is 8.78 Å². The largest absolute Gasteiger partial charge is 0.396 e. The Bertz CT molecular complexity index is 1490. The summed E-state index contributed by atoms with van der Waals surface area (Å²) in [7, 11) is -4.60. The van der Waals surface area contributed by atoms with Gasteiger partial charge < -0.3 is 10.4 Å². The smallest absolute Gasteiger partial charge is 0.277 e. The van der Waals surface area contributed by atoms with Gasteiger partial charge in [-0.25, -0.2) is 27.4 Å². The minimum absolute atomic E-state index is 0.135. The number of aryl methyl sites for hydroxylation is 1. The minimum atomic E-state index is -4.60. The number of aliphatic hydroxyl groups is 1. The third-order valence-corrected chi connectivity index (χ3v) is 8.12. The number of rotatable bonds is 12. The summed E-state index contributed by atoms with van der Waals surface area (Å²) in [6, 6.07) is 9.12. The zero-order chi connectivity index (χ0) is 28.2. The van der Waals surface area contributed by atoms with E-state index in [1.54, 1.807) is 31.2 Å². The second-order valence-electron chi connectivity index (χ2n) is 9.15. The predicted molar refractivity (Wildman–Crippen MR) is 149 cm³/mol. The number of nitrogens with zero attached hydrogens (tertiary/aromatic N) is 1. The molecule has 1 aromatic heterocycles. The van der Waals surface area contributed by atoms with Crippen molar-refractivity contribution in [3.8, 4) is 0 Å². The average molecular weight is 672 g/mol. The van der Waals surface area contributed by atoms with E-state index in [1.807, 2.05) is 6.07 Å². The van der Waals surface area contributed by atoms with Crippen LogP contribution in [0.1, 0.15) is 40.0 Å². The molecular formula is C26H27F2IN4O5S. The molecular weight excluding hydrogens is 645 g/mol. The molecule has 208 valence electrons. The second-order valence-corrected chi connectivity index (χ2v) is 12.1. The van der Waals surface area contributed by atoms with Crippen LogP contribution in [0, 0.1) is 28.0 Å². The van der Waals surface area contributed by atoms with Gasteiger partial charge in [0.25, 0.3) is 5.91 Å². The van der Waals surface area contributed by atoms with Gasteiger partial charge in [-0.3, -0.25) is 14.6 Å². The van der Waals surface area contributed by atoms with Crippen LogP contribution in [0.15, 0.2) is 47.5 Å². The summed E-state index contributed by atoms with van der Waals surface area (Å²) in [5.74, 6) is -3.79. The Hall–Kier alpha value is -2.72. The maximum absolute atomic E-state index is 15.5. The molecule has 4 N–H and O–H groups in total. The summed E-state index contributed by atoms with van der Waals surface area (Å²) >= 11 is 2.11. The zero-order valence-electron chi connectivity index (χ0n) is 20.9. The SMILES string of the molecule is Cc1cc(I)ccc1Nc1c(C(=O)NOCC2CC2)cc(S(=O)(=O)NCc2ccnc(CCO)c2)c(F)c1F. The van der Waals surface area contributed by atoms with E-state index in [2.05, 4.69) is 43.1 Å². The normalized spacial score (nSPS) is 13.4. The fourth-order valence-corrected chi connectivity index (χ4v) is 5.47. The molecule has 4 rings (SSSR count). The number of carbonyl (C=O) groups excluding carboxylic acids is 1. The highest BCUT2D eigenvalue weighted by molar-refractivity contribution is 14.1. The molecule has 1 aliphatic rings. The van der Waals surface area contributed by atoms with Gasteiger partial charge in [0.2, 0.25) is 10.0 Å². The monoisotopic (exact) mass is 672 g/mol. The van der Waals surface area contributed by atoms with Gasteiger partial charge in [-0.1, -0.05) is 0 Å². The van der Waals surface area contributed by atoms with Crippen LogP contribution < -0.4 is 15.5 Å². The molecule has 1 aliphatic carbocycles. The van der Waals surface area contributed by atoms with Crippen LogP contribution in [0.5, 0.6) is 0 Å². The van der Waals surface area contributed by atoms with Crippen molar-refractivity contribution in [2.24, 2.45) is 5.92 Å². The first kappa shape index (κ1) is 29.3. The Morgan fingerprint density at radius 2 is 1.95 bits per heavy atom. The molecule has 0 spiro atoms. The molecule has 1 saturated carbocycles. The standard InChI is InChI=1S/C26H27F2IN4O5S/c1-15-10-18(29)4-5-21(15)32-25-20(26(35)33-38-14-16-2-3-16)12-22(23(27)24(25)28)39(36,37)31-13-17-6-8-30-19(11-17)7-9-34/h4-6,8,10-12,16,31-32,34H,2-3,7,9,13-14H2,1H3,(H,33,35). The van der Waals surface area contributed by atoms with E-state index in [9.17, 15) is 13.2 Å². The summed E-state index contributed by atoms with van der Waals surface area (Å²) in [6.45, 7) is 1.62. The van der Waals surface area contributed by atoms with Gasteiger partial charge in [-0.05, 0) is 95.8 Å². The molecule has 0 unspecified atom stereocenters. The Labute approximate surface area is 238 Å². The summed E-state index contributed by atoms with van der Waals surface area (Å²) < 4.78 is 60.1. The van der Waals surface area contributed by atoms with E-state index in [-0.39, 0.29) is 26.2 Å². The number of benzene rings is 2. The first-order chi connectivity index (χ1) is 18.6. The lowest BCUT2D eigenvalue weighted by Gasteiger charge is -2.18. The topological polar surface area (TPSA) is 130 Å². The lowest BCUT2D eigenvalue weighted by Crippen LogP contribution is -2.28. The number of hydrogen-bond acceptors (Lipinski definition) is 7. The van der Waals surface area contributed by atoms with Crippen LogP contribution in [-0.4, -0.2) is 37.6 Å². The molecule has 13 heteroatoms. The fraction of sp³-hybridized carbons (Fsp3) is 0.308. The van der Waals surface area contributed by atoms with E-state index < -0.39 is 43.7 Å². The minimum Gasteiger partial charge on any atom is -0.396 e. The van der Waals surface area contributed by atoms with E-state index in [0.29, 0.717) is 28.4 Å². The number of halogens is 3. The Balaban J connectivity index is 1.67. The molecule has 39 heavy (non-hydrogen) atoms. The van der Waals surface area contributed by atoms with Gasteiger partial charge in [0.15, 0.2) is 11.6 Å². The molecule has 0 aliphatic heterocycles. The van der Waals surface area contributed by atoms with Gasteiger partial charge in [0.05, 0.1) is 17.9 Å². The number of aliphatic hydroxyl groups excluding tert-OH is 1. The Morgan fingerprint density at radius 3 is 2.64 bits per heavy atom. The van der Waals surface area contributed by atoms with Gasteiger partial charge >= 0.3 is 0 Å².